The van der Waals surface area contributed by atoms with Gasteiger partial charge >= 0.3 is 0 Å². The molecule has 22 heavy (non-hydrogen) atoms. The number of benzene rings is 1. The zero-order valence-corrected chi connectivity index (χ0v) is 12.7. The van der Waals surface area contributed by atoms with Crippen LogP contribution in [0.5, 0.6) is 5.75 Å². The van der Waals surface area contributed by atoms with Gasteiger partial charge in [0.1, 0.15) is 5.75 Å². The first kappa shape index (κ1) is 14.1. The number of aromatic nitrogens is 3. The Labute approximate surface area is 128 Å². The molecule has 0 atom stereocenters. The molecule has 2 heterocycles. The number of anilines is 2. The van der Waals surface area contributed by atoms with Crippen molar-refractivity contribution in [3.63, 3.8) is 0 Å². The second-order valence-electron chi connectivity index (χ2n) is 4.94. The summed E-state index contributed by atoms with van der Waals surface area (Å²) in [4.78, 5) is 13.2. The summed E-state index contributed by atoms with van der Waals surface area (Å²) in [6, 6.07) is 7.56. The Morgan fingerprint density at radius 1 is 1.14 bits per heavy atom. The number of aryl methyl sites for hydroxylation is 1. The van der Waals surface area contributed by atoms with Crippen molar-refractivity contribution in [1.29, 1.82) is 0 Å². The Kier molecular flexibility index (Phi) is 3.50. The van der Waals surface area contributed by atoms with E-state index in [2.05, 4.69) is 20.3 Å². The number of hydrogen-bond donors (Lipinski definition) is 2. The minimum Gasteiger partial charge on any atom is -0.496 e. The molecule has 3 N–H and O–H groups in total. The van der Waals surface area contributed by atoms with Gasteiger partial charge in [-0.05, 0) is 31.2 Å². The molecular formula is C16H17N5O. The van der Waals surface area contributed by atoms with Crippen LogP contribution in [0.2, 0.25) is 0 Å². The molecule has 0 aliphatic rings. The van der Waals surface area contributed by atoms with Crippen molar-refractivity contribution in [3.8, 4) is 16.9 Å². The molecule has 0 spiro atoms. The van der Waals surface area contributed by atoms with Crippen LogP contribution in [0.15, 0.2) is 30.5 Å². The van der Waals surface area contributed by atoms with Crippen LogP contribution in [0.1, 0.15) is 5.69 Å². The van der Waals surface area contributed by atoms with E-state index in [1.165, 1.54) is 0 Å². The van der Waals surface area contributed by atoms with E-state index in [1.54, 1.807) is 20.4 Å². The van der Waals surface area contributed by atoms with E-state index in [-0.39, 0.29) is 0 Å². The van der Waals surface area contributed by atoms with Gasteiger partial charge < -0.3 is 15.8 Å². The summed E-state index contributed by atoms with van der Waals surface area (Å²) >= 11 is 0. The van der Waals surface area contributed by atoms with E-state index < -0.39 is 0 Å². The van der Waals surface area contributed by atoms with Crippen molar-refractivity contribution in [2.45, 2.75) is 6.92 Å². The number of ether oxygens (including phenoxy) is 1. The molecule has 6 heteroatoms. The second kappa shape index (κ2) is 5.48. The van der Waals surface area contributed by atoms with E-state index in [9.17, 15) is 0 Å². The summed E-state index contributed by atoms with van der Waals surface area (Å²) < 4.78 is 5.43. The first-order chi connectivity index (χ1) is 10.6. The van der Waals surface area contributed by atoms with Crippen LogP contribution in [-0.4, -0.2) is 29.1 Å². The summed E-state index contributed by atoms with van der Waals surface area (Å²) in [5, 5.41) is 3.78. The molecule has 0 aliphatic carbocycles. The Morgan fingerprint density at radius 3 is 2.68 bits per heavy atom. The summed E-state index contributed by atoms with van der Waals surface area (Å²) in [5.74, 6) is 1.31. The Balaban J connectivity index is 2.23. The summed E-state index contributed by atoms with van der Waals surface area (Å²) in [6.07, 6.45) is 1.75. The molecule has 0 unspecified atom stereocenters. The van der Waals surface area contributed by atoms with Crippen LogP contribution < -0.4 is 15.8 Å². The highest BCUT2D eigenvalue weighted by molar-refractivity contribution is 5.85. The van der Waals surface area contributed by atoms with Gasteiger partial charge in [0.05, 0.1) is 7.11 Å². The predicted molar refractivity (Wildman–Crippen MR) is 88.0 cm³/mol. The van der Waals surface area contributed by atoms with Gasteiger partial charge in [0.25, 0.3) is 0 Å². The van der Waals surface area contributed by atoms with E-state index in [4.69, 9.17) is 10.5 Å². The van der Waals surface area contributed by atoms with Gasteiger partial charge in [0.2, 0.25) is 5.95 Å². The molecule has 0 amide bonds. The quantitative estimate of drug-likeness (QED) is 0.722. The number of nitrogens with one attached hydrogen (secondary N) is 1. The normalized spacial score (nSPS) is 10.7. The third-order valence-electron chi connectivity index (χ3n) is 3.50. The lowest BCUT2D eigenvalue weighted by molar-refractivity contribution is 0.416. The zero-order chi connectivity index (χ0) is 15.7. The molecule has 0 aliphatic heterocycles. The van der Waals surface area contributed by atoms with Crippen molar-refractivity contribution in [3.05, 3.63) is 36.2 Å². The molecule has 0 radical (unpaired) electrons. The van der Waals surface area contributed by atoms with Gasteiger partial charge in [-0.3, -0.25) is 0 Å². The first-order valence-electron chi connectivity index (χ1n) is 6.88. The SMILES string of the molecule is CNc1ncc2cc(-c3cc(N)ccc3OC)c(C)nc2n1. The highest BCUT2D eigenvalue weighted by Gasteiger charge is 2.12. The number of hydrogen-bond acceptors (Lipinski definition) is 6. The summed E-state index contributed by atoms with van der Waals surface area (Å²) in [6.45, 7) is 1.94. The van der Waals surface area contributed by atoms with E-state index in [1.807, 2.05) is 31.2 Å². The van der Waals surface area contributed by atoms with Crippen LogP contribution >= 0.6 is 0 Å². The van der Waals surface area contributed by atoms with Crippen molar-refractivity contribution < 1.29 is 4.74 Å². The fraction of sp³-hybridized carbons (Fsp3) is 0.188. The third-order valence-corrected chi connectivity index (χ3v) is 3.50. The van der Waals surface area contributed by atoms with Crippen molar-refractivity contribution >= 4 is 22.7 Å². The maximum Gasteiger partial charge on any atom is 0.224 e. The fourth-order valence-electron chi connectivity index (χ4n) is 2.38. The average molecular weight is 295 g/mol. The topological polar surface area (TPSA) is 86.0 Å². The second-order valence-corrected chi connectivity index (χ2v) is 4.94. The lowest BCUT2D eigenvalue weighted by Crippen LogP contribution is -1.99. The Bertz CT molecular complexity index is 847. The number of nitrogen functional groups attached to an aromatic ring is 1. The minimum absolute atomic E-state index is 0.550. The largest absolute Gasteiger partial charge is 0.496 e. The fourth-order valence-corrected chi connectivity index (χ4v) is 2.38. The maximum absolute atomic E-state index is 5.91. The summed E-state index contributed by atoms with van der Waals surface area (Å²) in [7, 11) is 3.42. The van der Waals surface area contributed by atoms with Gasteiger partial charge in [-0.15, -0.1) is 0 Å². The monoisotopic (exact) mass is 295 g/mol. The molecule has 0 saturated carbocycles. The van der Waals surface area contributed by atoms with Crippen LogP contribution in [0.3, 0.4) is 0 Å². The predicted octanol–water partition coefficient (Wildman–Crippen LogP) is 2.63. The van der Waals surface area contributed by atoms with Crippen molar-refractivity contribution in [1.82, 2.24) is 15.0 Å². The highest BCUT2D eigenvalue weighted by Crippen LogP contribution is 2.34. The smallest absolute Gasteiger partial charge is 0.224 e. The lowest BCUT2D eigenvalue weighted by Gasteiger charge is -2.12. The highest BCUT2D eigenvalue weighted by atomic mass is 16.5. The molecule has 3 rings (SSSR count). The molecule has 0 saturated heterocycles. The van der Waals surface area contributed by atoms with Gasteiger partial charge in [0, 0.05) is 41.1 Å². The van der Waals surface area contributed by atoms with Crippen LogP contribution in [0.25, 0.3) is 22.2 Å². The van der Waals surface area contributed by atoms with Crippen LogP contribution in [0.4, 0.5) is 11.6 Å². The number of pyridine rings is 1. The van der Waals surface area contributed by atoms with Gasteiger partial charge in [0.15, 0.2) is 5.65 Å². The Morgan fingerprint density at radius 2 is 1.95 bits per heavy atom. The first-order valence-corrected chi connectivity index (χ1v) is 6.88. The molecule has 0 fully saturated rings. The van der Waals surface area contributed by atoms with Gasteiger partial charge in [-0.2, -0.15) is 4.98 Å². The number of rotatable bonds is 3. The minimum atomic E-state index is 0.550. The zero-order valence-electron chi connectivity index (χ0n) is 12.7. The molecule has 2 aromatic heterocycles. The molecular weight excluding hydrogens is 278 g/mol. The number of methoxy groups -OCH3 is 1. The van der Waals surface area contributed by atoms with Crippen LogP contribution in [0, 0.1) is 6.92 Å². The molecule has 0 bridgehead atoms. The number of nitrogens with zero attached hydrogens (tertiary/aromatic N) is 3. The van der Waals surface area contributed by atoms with E-state index in [0.717, 1.165) is 28.0 Å². The lowest BCUT2D eigenvalue weighted by atomic mass is 10.0. The van der Waals surface area contributed by atoms with Crippen LogP contribution in [-0.2, 0) is 0 Å². The van der Waals surface area contributed by atoms with E-state index >= 15 is 0 Å². The standard InChI is InChI=1S/C16H17N5O/c1-9-12(13-7-11(17)4-5-14(13)22-3)6-10-8-19-16(18-2)21-15(10)20-9/h4-8H,17H2,1-3H3,(H,18,19,20,21). The number of nitrogens with two attached hydrogens (primary N) is 1. The number of fused-ring (bicyclic) bond motifs is 1. The Hall–Kier alpha value is -2.89. The third kappa shape index (κ3) is 2.39. The van der Waals surface area contributed by atoms with Crippen molar-refractivity contribution in [2.24, 2.45) is 0 Å². The van der Waals surface area contributed by atoms with Crippen molar-refractivity contribution in [2.75, 3.05) is 25.2 Å². The maximum atomic E-state index is 5.91. The molecule has 112 valence electrons. The average Bonchev–Trinajstić information content (AvgIpc) is 2.53. The van der Waals surface area contributed by atoms with Gasteiger partial charge in [-0.25, -0.2) is 9.97 Å². The van der Waals surface area contributed by atoms with E-state index in [0.29, 0.717) is 17.3 Å². The molecule has 6 nitrogen and oxygen atoms in total. The summed E-state index contributed by atoms with van der Waals surface area (Å²) in [5.41, 5.74) is 9.97. The molecule has 3 aromatic rings. The van der Waals surface area contributed by atoms with Gasteiger partial charge in [-0.1, -0.05) is 0 Å². The molecule has 1 aromatic carbocycles.